The number of nitrogens with two attached hydrogens (primary N) is 1. The molecule has 0 saturated carbocycles. The molecule has 0 radical (unpaired) electrons. The van der Waals surface area contributed by atoms with Crippen LogP contribution in [0.1, 0.15) is 24.0 Å². The second-order valence-electron chi connectivity index (χ2n) is 6.17. The predicted molar refractivity (Wildman–Crippen MR) is 98.6 cm³/mol. The standard InChI is InChI=1S/C19H21BrN2O2/c20-16-5-3-15(4-6-16)19(9-11-24-12-10-19)22-18(23)13-14-1-7-17(21)8-2-14/h1-8H,9-13,21H2,(H,22,23). The molecule has 2 aromatic rings. The lowest BCUT2D eigenvalue weighted by Gasteiger charge is -2.38. The van der Waals surface area contributed by atoms with Gasteiger partial charge in [0, 0.05) is 23.4 Å². The molecular weight excluding hydrogens is 368 g/mol. The number of hydrogen-bond donors (Lipinski definition) is 2. The largest absolute Gasteiger partial charge is 0.399 e. The molecule has 1 fully saturated rings. The Hall–Kier alpha value is -1.85. The maximum Gasteiger partial charge on any atom is 0.225 e. The highest BCUT2D eigenvalue weighted by Gasteiger charge is 2.35. The van der Waals surface area contributed by atoms with E-state index in [2.05, 4.69) is 33.4 Å². The molecule has 0 spiro atoms. The fraction of sp³-hybridized carbons (Fsp3) is 0.316. The number of anilines is 1. The highest BCUT2D eigenvalue weighted by atomic mass is 79.9. The predicted octanol–water partition coefficient (Wildman–Crippen LogP) is 3.40. The van der Waals surface area contributed by atoms with Crippen molar-refractivity contribution in [3.63, 3.8) is 0 Å². The summed E-state index contributed by atoms with van der Waals surface area (Å²) in [6, 6.07) is 15.6. The van der Waals surface area contributed by atoms with E-state index < -0.39 is 0 Å². The quantitative estimate of drug-likeness (QED) is 0.788. The monoisotopic (exact) mass is 388 g/mol. The Kier molecular flexibility index (Phi) is 5.21. The van der Waals surface area contributed by atoms with Gasteiger partial charge >= 0.3 is 0 Å². The third-order valence-electron chi connectivity index (χ3n) is 4.47. The fourth-order valence-electron chi connectivity index (χ4n) is 3.11. The molecule has 3 N–H and O–H groups in total. The van der Waals surface area contributed by atoms with E-state index >= 15 is 0 Å². The molecule has 4 nitrogen and oxygen atoms in total. The van der Waals surface area contributed by atoms with Crippen molar-refractivity contribution < 1.29 is 9.53 Å². The summed E-state index contributed by atoms with van der Waals surface area (Å²) < 4.78 is 6.54. The molecule has 0 aliphatic carbocycles. The number of rotatable bonds is 4. The summed E-state index contributed by atoms with van der Waals surface area (Å²) >= 11 is 3.47. The number of carbonyl (C=O) groups excluding carboxylic acids is 1. The summed E-state index contributed by atoms with van der Waals surface area (Å²) in [4.78, 5) is 12.6. The second-order valence-corrected chi connectivity index (χ2v) is 7.08. The first-order chi connectivity index (χ1) is 11.6. The lowest BCUT2D eigenvalue weighted by molar-refractivity contribution is -0.123. The van der Waals surface area contributed by atoms with Gasteiger partial charge in [-0.25, -0.2) is 0 Å². The summed E-state index contributed by atoms with van der Waals surface area (Å²) in [6.45, 7) is 1.30. The smallest absolute Gasteiger partial charge is 0.225 e. The first-order valence-electron chi connectivity index (χ1n) is 8.07. The van der Waals surface area contributed by atoms with E-state index in [0.717, 1.165) is 28.4 Å². The maximum absolute atomic E-state index is 12.6. The van der Waals surface area contributed by atoms with Crippen molar-refractivity contribution in [1.82, 2.24) is 5.32 Å². The van der Waals surface area contributed by atoms with Gasteiger partial charge in [-0.15, -0.1) is 0 Å². The van der Waals surface area contributed by atoms with Gasteiger partial charge in [-0.2, -0.15) is 0 Å². The molecule has 1 saturated heterocycles. The van der Waals surface area contributed by atoms with Crippen LogP contribution in [0.5, 0.6) is 0 Å². The van der Waals surface area contributed by atoms with Crippen LogP contribution < -0.4 is 11.1 Å². The van der Waals surface area contributed by atoms with Crippen LogP contribution in [0.25, 0.3) is 0 Å². The van der Waals surface area contributed by atoms with Gasteiger partial charge in [0.2, 0.25) is 5.91 Å². The first-order valence-corrected chi connectivity index (χ1v) is 8.86. The maximum atomic E-state index is 12.6. The van der Waals surface area contributed by atoms with Gasteiger partial charge in [0.15, 0.2) is 0 Å². The van der Waals surface area contributed by atoms with Gasteiger partial charge in [0.1, 0.15) is 0 Å². The van der Waals surface area contributed by atoms with E-state index in [1.165, 1.54) is 0 Å². The average molecular weight is 389 g/mol. The van der Waals surface area contributed by atoms with Crippen molar-refractivity contribution in [2.45, 2.75) is 24.8 Å². The minimum absolute atomic E-state index is 0.0181. The molecule has 126 valence electrons. The van der Waals surface area contributed by atoms with Crippen molar-refractivity contribution >= 4 is 27.5 Å². The van der Waals surface area contributed by atoms with Gasteiger partial charge in [0.25, 0.3) is 0 Å². The van der Waals surface area contributed by atoms with Crippen molar-refractivity contribution in [2.75, 3.05) is 18.9 Å². The molecule has 1 amide bonds. The third kappa shape index (κ3) is 3.97. The Morgan fingerprint density at radius 1 is 1.08 bits per heavy atom. The summed E-state index contributed by atoms with van der Waals surface area (Å²) in [5.74, 6) is 0.0181. The number of nitrogen functional groups attached to an aromatic ring is 1. The molecule has 0 unspecified atom stereocenters. The molecule has 1 aliphatic heterocycles. The number of halogens is 1. The zero-order chi connectivity index (χ0) is 17.0. The lowest BCUT2D eigenvalue weighted by Crippen LogP contribution is -2.50. The molecule has 1 aliphatic rings. The number of carbonyl (C=O) groups is 1. The van der Waals surface area contributed by atoms with Crippen LogP contribution in [0.2, 0.25) is 0 Å². The van der Waals surface area contributed by atoms with Crippen molar-refractivity contribution in [3.8, 4) is 0 Å². The molecule has 0 bridgehead atoms. The highest BCUT2D eigenvalue weighted by Crippen LogP contribution is 2.33. The van der Waals surface area contributed by atoms with E-state index in [-0.39, 0.29) is 11.4 Å². The normalized spacial score (nSPS) is 16.5. The summed E-state index contributed by atoms with van der Waals surface area (Å²) in [5, 5.41) is 3.27. The highest BCUT2D eigenvalue weighted by molar-refractivity contribution is 9.10. The van der Waals surface area contributed by atoms with Crippen LogP contribution in [0.15, 0.2) is 53.0 Å². The van der Waals surface area contributed by atoms with E-state index in [0.29, 0.717) is 25.3 Å². The van der Waals surface area contributed by atoms with Crippen molar-refractivity contribution in [1.29, 1.82) is 0 Å². The summed E-state index contributed by atoms with van der Waals surface area (Å²) in [5.41, 5.74) is 8.13. The summed E-state index contributed by atoms with van der Waals surface area (Å²) in [6.07, 6.45) is 1.91. The van der Waals surface area contributed by atoms with Gasteiger partial charge in [-0.3, -0.25) is 4.79 Å². The number of nitrogens with one attached hydrogen (secondary N) is 1. The number of hydrogen-bond acceptors (Lipinski definition) is 3. The van der Waals surface area contributed by atoms with Crippen molar-refractivity contribution in [2.24, 2.45) is 0 Å². The minimum atomic E-state index is -0.357. The molecular formula is C19H21BrN2O2. The van der Waals surface area contributed by atoms with Gasteiger partial charge in [-0.1, -0.05) is 40.2 Å². The van der Waals surface area contributed by atoms with E-state index in [1.807, 2.05) is 36.4 Å². The minimum Gasteiger partial charge on any atom is -0.399 e. The lowest BCUT2D eigenvalue weighted by atomic mass is 9.82. The average Bonchev–Trinajstić information content (AvgIpc) is 2.58. The third-order valence-corrected chi connectivity index (χ3v) is 4.99. The van der Waals surface area contributed by atoms with Gasteiger partial charge < -0.3 is 15.8 Å². The fourth-order valence-corrected chi connectivity index (χ4v) is 3.37. The Morgan fingerprint density at radius 3 is 2.33 bits per heavy atom. The molecule has 1 heterocycles. The van der Waals surface area contributed by atoms with E-state index in [4.69, 9.17) is 10.5 Å². The van der Waals surface area contributed by atoms with Crippen LogP contribution >= 0.6 is 15.9 Å². The van der Waals surface area contributed by atoms with Crippen LogP contribution in [-0.2, 0) is 21.5 Å². The van der Waals surface area contributed by atoms with Gasteiger partial charge in [0.05, 0.1) is 12.0 Å². The Labute approximate surface area is 150 Å². The molecule has 3 rings (SSSR count). The zero-order valence-corrected chi connectivity index (χ0v) is 15.0. The molecule has 2 aromatic carbocycles. The molecule has 5 heteroatoms. The number of ether oxygens (including phenoxy) is 1. The number of benzene rings is 2. The summed E-state index contributed by atoms with van der Waals surface area (Å²) in [7, 11) is 0. The topological polar surface area (TPSA) is 64.4 Å². The van der Waals surface area contributed by atoms with Crippen LogP contribution in [0.3, 0.4) is 0 Å². The van der Waals surface area contributed by atoms with Crippen LogP contribution in [0, 0.1) is 0 Å². The van der Waals surface area contributed by atoms with Crippen molar-refractivity contribution in [3.05, 3.63) is 64.1 Å². The second kappa shape index (κ2) is 7.36. The Balaban J connectivity index is 1.77. The van der Waals surface area contributed by atoms with Crippen LogP contribution in [0.4, 0.5) is 5.69 Å². The molecule has 0 atom stereocenters. The SMILES string of the molecule is Nc1ccc(CC(=O)NC2(c3ccc(Br)cc3)CCOCC2)cc1. The number of amides is 1. The Bertz CT molecular complexity index is 692. The zero-order valence-electron chi connectivity index (χ0n) is 13.4. The first kappa shape index (κ1) is 17.0. The Morgan fingerprint density at radius 2 is 1.71 bits per heavy atom. The van der Waals surface area contributed by atoms with E-state index in [9.17, 15) is 4.79 Å². The molecule has 0 aromatic heterocycles. The van der Waals surface area contributed by atoms with Crippen LogP contribution in [-0.4, -0.2) is 19.1 Å². The molecule has 24 heavy (non-hydrogen) atoms. The van der Waals surface area contributed by atoms with Gasteiger partial charge in [-0.05, 0) is 48.2 Å². The van der Waals surface area contributed by atoms with E-state index in [1.54, 1.807) is 0 Å².